The van der Waals surface area contributed by atoms with Gasteiger partial charge >= 0.3 is 0 Å². The van der Waals surface area contributed by atoms with Gasteiger partial charge in [-0.2, -0.15) is 0 Å². The van der Waals surface area contributed by atoms with Crippen molar-refractivity contribution in [1.29, 1.82) is 0 Å². The van der Waals surface area contributed by atoms with Crippen LogP contribution in [-0.4, -0.2) is 15.6 Å². The minimum atomic E-state index is -0.142. The molecule has 0 saturated heterocycles. The van der Waals surface area contributed by atoms with E-state index in [4.69, 9.17) is 5.11 Å². The molecule has 0 amide bonds. The predicted octanol–water partition coefficient (Wildman–Crippen LogP) is 1.44. The minimum absolute atomic E-state index is 0.142. The second-order valence-corrected chi connectivity index (χ2v) is 2.75. The quantitative estimate of drug-likeness (QED) is 0.544. The SMILES string of the molecule is CC(CI)[C@@H](C)O. The lowest BCUT2D eigenvalue weighted by Gasteiger charge is -2.08. The molecule has 0 spiro atoms. The van der Waals surface area contributed by atoms with Crippen LogP contribution in [0.1, 0.15) is 13.8 Å². The van der Waals surface area contributed by atoms with E-state index in [-0.39, 0.29) is 6.10 Å². The second-order valence-electron chi connectivity index (χ2n) is 1.87. The largest absolute Gasteiger partial charge is 0.393 e. The van der Waals surface area contributed by atoms with Crippen LogP contribution in [0.2, 0.25) is 0 Å². The molecule has 0 heterocycles. The van der Waals surface area contributed by atoms with Gasteiger partial charge in [0.2, 0.25) is 0 Å². The smallest absolute Gasteiger partial charge is 0.0544 e. The number of halogens is 1. The molecule has 0 aromatic heterocycles. The van der Waals surface area contributed by atoms with E-state index in [0.717, 1.165) is 4.43 Å². The summed E-state index contributed by atoms with van der Waals surface area (Å²) in [7, 11) is 0. The van der Waals surface area contributed by atoms with Crippen molar-refractivity contribution in [2.75, 3.05) is 4.43 Å². The molecule has 0 aliphatic heterocycles. The Balaban J connectivity index is 3.14. The van der Waals surface area contributed by atoms with Crippen LogP contribution in [0.15, 0.2) is 0 Å². The summed E-state index contributed by atoms with van der Waals surface area (Å²) in [4.78, 5) is 0. The summed E-state index contributed by atoms with van der Waals surface area (Å²) in [5, 5.41) is 8.82. The third kappa shape index (κ3) is 3.29. The third-order valence-corrected chi connectivity index (χ3v) is 2.46. The summed E-state index contributed by atoms with van der Waals surface area (Å²) in [6.07, 6.45) is -0.142. The molecule has 2 atom stereocenters. The minimum Gasteiger partial charge on any atom is -0.393 e. The number of aliphatic hydroxyl groups is 1. The summed E-state index contributed by atoms with van der Waals surface area (Å²) in [5.41, 5.74) is 0. The Morgan fingerprint density at radius 2 is 2.00 bits per heavy atom. The Morgan fingerprint density at radius 3 is 2.00 bits per heavy atom. The monoisotopic (exact) mass is 214 g/mol. The van der Waals surface area contributed by atoms with Crippen LogP contribution in [0, 0.1) is 5.92 Å². The zero-order valence-electron chi connectivity index (χ0n) is 4.69. The van der Waals surface area contributed by atoms with Gasteiger partial charge in [0.05, 0.1) is 6.10 Å². The Bertz CT molecular complexity index is 45.3. The van der Waals surface area contributed by atoms with E-state index in [9.17, 15) is 0 Å². The molecule has 44 valence electrons. The van der Waals surface area contributed by atoms with E-state index in [1.165, 1.54) is 0 Å². The van der Waals surface area contributed by atoms with Crippen molar-refractivity contribution in [2.45, 2.75) is 20.0 Å². The first-order chi connectivity index (χ1) is 3.18. The topological polar surface area (TPSA) is 20.2 Å². The van der Waals surface area contributed by atoms with Crippen LogP contribution in [0.3, 0.4) is 0 Å². The highest BCUT2D eigenvalue weighted by Gasteiger charge is 2.04. The number of rotatable bonds is 2. The molecular formula is C5H11IO. The van der Waals surface area contributed by atoms with Crippen molar-refractivity contribution in [3.8, 4) is 0 Å². The lowest BCUT2D eigenvalue weighted by molar-refractivity contribution is 0.148. The highest BCUT2D eigenvalue weighted by atomic mass is 127. The number of hydrogen-bond acceptors (Lipinski definition) is 1. The van der Waals surface area contributed by atoms with E-state index in [1.54, 1.807) is 0 Å². The number of alkyl halides is 1. The molecule has 0 saturated carbocycles. The first-order valence-electron chi connectivity index (χ1n) is 2.42. The molecule has 1 unspecified atom stereocenters. The lowest BCUT2D eigenvalue weighted by Crippen LogP contribution is -2.13. The van der Waals surface area contributed by atoms with Gasteiger partial charge in [0.15, 0.2) is 0 Å². The van der Waals surface area contributed by atoms with Crippen LogP contribution < -0.4 is 0 Å². The van der Waals surface area contributed by atoms with Gasteiger partial charge < -0.3 is 5.11 Å². The molecule has 2 heteroatoms. The van der Waals surface area contributed by atoms with Crippen molar-refractivity contribution in [3.05, 3.63) is 0 Å². The van der Waals surface area contributed by atoms with Gasteiger partial charge in [-0.3, -0.25) is 0 Å². The summed E-state index contributed by atoms with van der Waals surface area (Å²) in [6, 6.07) is 0. The van der Waals surface area contributed by atoms with Crippen LogP contribution in [0.25, 0.3) is 0 Å². The Hall–Kier alpha value is 0.690. The van der Waals surface area contributed by atoms with Crippen molar-refractivity contribution < 1.29 is 5.11 Å². The Labute approximate surface area is 58.3 Å². The van der Waals surface area contributed by atoms with E-state index < -0.39 is 0 Å². The molecule has 1 nitrogen and oxygen atoms in total. The van der Waals surface area contributed by atoms with Gasteiger partial charge in [0, 0.05) is 4.43 Å². The average molecular weight is 214 g/mol. The normalized spacial score (nSPS) is 18.9. The van der Waals surface area contributed by atoms with Gasteiger partial charge in [0.25, 0.3) is 0 Å². The Morgan fingerprint density at radius 1 is 1.57 bits per heavy atom. The molecule has 0 radical (unpaired) electrons. The number of hydrogen-bond donors (Lipinski definition) is 1. The van der Waals surface area contributed by atoms with Gasteiger partial charge in [-0.1, -0.05) is 29.5 Å². The summed E-state index contributed by atoms with van der Waals surface area (Å²) >= 11 is 2.27. The Kier molecular flexibility index (Phi) is 4.02. The molecular weight excluding hydrogens is 203 g/mol. The first kappa shape index (κ1) is 7.69. The fraction of sp³-hybridized carbons (Fsp3) is 1.00. The molecule has 0 aromatic rings. The average Bonchev–Trinajstić information content (AvgIpc) is 1.65. The van der Waals surface area contributed by atoms with Crippen LogP contribution in [0.4, 0.5) is 0 Å². The highest BCUT2D eigenvalue weighted by Crippen LogP contribution is 2.04. The molecule has 7 heavy (non-hydrogen) atoms. The lowest BCUT2D eigenvalue weighted by atomic mass is 10.1. The third-order valence-electron chi connectivity index (χ3n) is 1.07. The maximum Gasteiger partial charge on any atom is 0.0544 e. The standard InChI is InChI=1S/C5H11IO/c1-4(3-6)5(2)7/h4-5,7H,3H2,1-2H3/t4?,5-/m1/s1. The van der Waals surface area contributed by atoms with Crippen LogP contribution in [-0.2, 0) is 0 Å². The van der Waals surface area contributed by atoms with E-state index in [1.807, 2.05) is 13.8 Å². The predicted molar refractivity (Wildman–Crippen MR) is 39.7 cm³/mol. The second kappa shape index (κ2) is 3.66. The first-order valence-corrected chi connectivity index (χ1v) is 3.95. The molecule has 0 rings (SSSR count). The molecule has 0 aromatic carbocycles. The molecule has 1 N–H and O–H groups in total. The van der Waals surface area contributed by atoms with Crippen molar-refractivity contribution in [3.63, 3.8) is 0 Å². The zero-order chi connectivity index (χ0) is 5.86. The van der Waals surface area contributed by atoms with E-state index >= 15 is 0 Å². The molecule has 0 aliphatic carbocycles. The van der Waals surface area contributed by atoms with Gasteiger partial charge in [-0.25, -0.2) is 0 Å². The van der Waals surface area contributed by atoms with Crippen molar-refractivity contribution in [2.24, 2.45) is 5.92 Å². The summed E-state index contributed by atoms with van der Waals surface area (Å²) in [6.45, 7) is 3.86. The maximum absolute atomic E-state index is 8.82. The van der Waals surface area contributed by atoms with Crippen LogP contribution in [0.5, 0.6) is 0 Å². The van der Waals surface area contributed by atoms with Crippen molar-refractivity contribution in [1.82, 2.24) is 0 Å². The van der Waals surface area contributed by atoms with E-state index in [2.05, 4.69) is 22.6 Å². The highest BCUT2D eigenvalue weighted by molar-refractivity contribution is 14.1. The number of aliphatic hydroxyl groups excluding tert-OH is 1. The molecule has 0 aliphatic rings. The summed E-state index contributed by atoms with van der Waals surface area (Å²) in [5.74, 6) is 0.445. The van der Waals surface area contributed by atoms with Gasteiger partial charge in [-0.15, -0.1) is 0 Å². The van der Waals surface area contributed by atoms with Gasteiger partial charge in [-0.05, 0) is 12.8 Å². The van der Waals surface area contributed by atoms with Gasteiger partial charge in [0.1, 0.15) is 0 Å². The summed E-state index contributed by atoms with van der Waals surface area (Å²) < 4.78 is 1.04. The molecule has 0 fully saturated rings. The van der Waals surface area contributed by atoms with Crippen LogP contribution >= 0.6 is 22.6 Å². The molecule has 0 bridgehead atoms. The van der Waals surface area contributed by atoms with E-state index in [0.29, 0.717) is 5.92 Å². The fourth-order valence-corrected chi connectivity index (χ4v) is 0.865. The zero-order valence-corrected chi connectivity index (χ0v) is 6.84. The maximum atomic E-state index is 8.82. The fourth-order valence-electron chi connectivity index (χ4n) is 0.129. The van der Waals surface area contributed by atoms with Crippen molar-refractivity contribution >= 4 is 22.6 Å².